The number of hydrogen-bond acceptors (Lipinski definition) is 4. The molecule has 3 rings (SSSR count). The Morgan fingerprint density at radius 1 is 1.32 bits per heavy atom. The number of hydrogen-bond donors (Lipinski definition) is 1. The van der Waals surface area contributed by atoms with Gasteiger partial charge in [0.15, 0.2) is 0 Å². The van der Waals surface area contributed by atoms with E-state index in [1.165, 1.54) is 41.3 Å². The van der Waals surface area contributed by atoms with Crippen LogP contribution in [0.15, 0.2) is 0 Å². The van der Waals surface area contributed by atoms with Crippen LogP contribution in [-0.2, 0) is 13.0 Å². The van der Waals surface area contributed by atoms with Gasteiger partial charge in [0.05, 0.1) is 10.7 Å². The molecule has 2 unspecified atom stereocenters. The minimum Gasteiger partial charge on any atom is -0.326 e. The van der Waals surface area contributed by atoms with Gasteiger partial charge in [-0.3, -0.25) is 0 Å². The summed E-state index contributed by atoms with van der Waals surface area (Å²) in [5, 5.41) is 1.37. The highest BCUT2D eigenvalue weighted by Gasteiger charge is 2.39. The lowest BCUT2D eigenvalue weighted by Crippen LogP contribution is -2.39. The molecule has 19 heavy (non-hydrogen) atoms. The monoisotopic (exact) mass is 279 g/mol. The lowest BCUT2D eigenvalue weighted by Gasteiger charge is -2.35. The van der Waals surface area contributed by atoms with Crippen LogP contribution < -0.4 is 5.73 Å². The number of nitrogens with two attached hydrogens (primary N) is 1. The topological polar surface area (TPSA) is 42.2 Å². The number of nitrogens with zero attached hydrogens (tertiary/aromatic N) is 2. The fraction of sp³-hybridized carbons (Fsp3) is 0.800. The number of aryl methyl sites for hydroxylation is 1. The van der Waals surface area contributed by atoms with Crippen LogP contribution in [-0.4, -0.2) is 29.0 Å². The van der Waals surface area contributed by atoms with E-state index in [2.05, 4.69) is 18.9 Å². The second-order valence-electron chi connectivity index (χ2n) is 6.09. The van der Waals surface area contributed by atoms with Crippen LogP contribution in [0.25, 0.3) is 0 Å². The van der Waals surface area contributed by atoms with Crippen LogP contribution in [0.5, 0.6) is 0 Å². The average molecular weight is 279 g/mol. The molecule has 3 nitrogen and oxygen atoms in total. The van der Waals surface area contributed by atoms with Gasteiger partial charge >= 0.3 is 0 Å². The Hall–Kier alpha value is -0.450. The highest BCUT2D eigenvalue weighted by molar-refractivity contribution is 7.11. The van der Waals surface area contributed by atoms with Crippen molar-refractivity contribution in [2.24, 2.45) is 5.73 Å². The highest BCUT2D eigenvalue weighted by atomic mass is 32.1. The van der Waals surface area contributed by atoms with Crippen LogP contribution >= 0.6 is 11.3 Å². The van der Waals surface area contributed by atoms with Gasteiger partial charge in [-0.25, -0.2) is 4.98 Å². The molecule has 4 heteroatoms. The molecule has 2 aliphatic heterocycles. The van der Waals surface area contributed by atoms with Crippen LogP contribution in [0.3, 0.4) is 0 Å². The van der Waals surface area contributed by atoms with Gasteiger partial charge in [-0.2, -0.15) is 0 Å². The smallest absolute Gasteiger partial charge is 0.0963 e. The summed E-state index contributed by atoms with van der Waals surface area (Å²) in [6.45, 7) is 2.88. The predicted molar refractivity (Wildman–Crippen MR) is 80.5 cm³/mol. The maximum absolute atomic E-state index is 5.87. The lowest BCUT2D eigenvalue weighted by atomic mass is 9.92. The maximum atomic E-state index is 5.87. The van der Waals surface area contributed by atoms with Crippen molar-refractivity contribution in [3.63, 3.8) is 0 Å². The number of aromatic nitrogens is 1. The number of fused-ring (bicyclic) bond motifs is 2. The van der Waals surface area contributed by atoms with Gasteiger partial charge in [-0.05, 0) is 39.2 Å². The molecular formula is C15H25N3S. The molecule has 0 aliphatic carbocycles. The van der Waals surface area contributed by atoms with Gasteiger partial charge in [0.2, 0.25) is 0 Å². The van der Waals surface area contributed by atoms with Crippen LogP contribution in [0, 0.1) is 0 Å². The predicted octanol–water partition coefficient (Wildman–Crippen LogP) is 2.89. The molecule has 2 aliphatic rings. The Labute approximate surface area is 120 Å². The van der Waals surface area contributed by atoms with Crippen LogP contribution in [0.2, 0.25) is 0 Å². The normalized spacial score (nSPS) is 31.0. The van der Waals surface area contributed by atoms with Crippen molar-refractivity contribution in [2.75, 3.05) is 7.05 Å². The first-order valence-corrected chi connectivity index (χ1v) is 8.45. The zero-order valence-corrected chi connectivity index (χ0v) is 12.9. The first kappa shape index (κ1) is 13.5. The molecule has 0 spiro atoms. The van der Waals surface area contributed by atoms with Crippen molar-refractivity contribution >= 4 is 11.3 Å². The zero-order chi connectivity index (χ0) is 13.4. The standard InChI is InChI=1S/C15H25N3S/c1-3-4-13-14(9-16)19-15(17-13)10-7-11-5-6-12(8-10)18(11)2/h10-12H,3-9,16H2,1-2H3. The van der Waals surface area contributed by atoms with Gasteiger partial charge in [0.1, 0.15) is 0 Å². The lowest BCUT2D eigenvalue weighted by molar-refractivity contribution is 0.161. The van der Waals surface area contributed by atoms with E-state index in [-0.39, 0.29) is 0 Å². The van der Waals surface area contributed by atoms with E-state index in [9.17, 15) is 0 Å². The second kappa shape index (κ2) is 5.51. The van der Waals surface area contributed by atoms with Crippen molar-refractivity contribution in [1.29, 1.82) is 0 Å². The van der Waals surface area contributed by atoms with Crippen molar-refractivity contribution in [3.05, 3.63) is 15.6 Å². The summed E-state index contributed by atoms with van der Waals surface area (Å²) >= 11 is 1.88. The molecule has 106 valence electrons. The average Bonchev–Trinajstić information content (AvgIpc) is 2.88. The molecule has 2 bridgehead atoms. The van der Waals surface area contributed by atoms with E-state index >= 15 is 0 Å². The quantitative estimate of drug-likeness (QED) is 0.921. The Morgan fingerprint density at radius 3 is 2.58 bits per heavy atom. The SMILES string of the molecule is CCCc1nc(C2CC3CCC(C2)N3C)sc1CN. The summed E-state index contributed by atoms with van der Waals surface area (Å²) in [6, 6.07) is 1.59. The third kappa shape index (κ3) is 2.46. The third-order valence-electron chi connectivity index (χ3n) is 4.91. The summed E-state index contributed by atoms with van der Waals surface area (Å²) in [5.74, 6) is 0.689. The summed E-state index contributed by atoms with van der Waals surface area (Å²) in [7, 11) is 2.30. The molecule has 0 aromatic carbocycles. The van der Waals surface area contributed by atoms with Gasteiger partial charge in [0.25, 0.3) is 0 Å². The fourth-order valence-electron chi connectivity index (χ4n) is 3.78. The van der Waals surface area contributed by atoms with Crippen molar-refractivity contribution in [1.82, 2.24) is 9.88 Å². The molecule has 0 saturated carbocycles. The molecule has 3 heterocycles. The third-order valence-corrected chi connectivity index (χ3v) is 6.20. The molecule has 2 saturated heterocycles. The van der Waals surface area contributed by atoms with Crippen molar-refractivity contribution in [2.45, 2.75) is 70.0 Å². The van der Waals surface area contributed by atoms with E-state index in [0.29, 0.717) is 12.5 Å². The van der Waals surface area contributed by atoms with Gasteiger partial charge in [-0.15, -0.1) is 11.3 Å². The summed E-state index contributed by atoms with van der Waals surface area (Å²) in [5.41, 5.74) is 7.15. The number of piperidine rings is 1. The summed E-state index contributed by atoms with van der Waals surface area (Å²) in [6.07, 6.45) is 7.62. The van der Waals surface area contributed by atoms with Gasteiger partial charge in [-0.1, -0.05) is 13.3 Å². The maximum Gasteiger partial charge on any atom is 0.0963 e. The van der Waals surface area contributed by atoms with Gasteiger partial charge in [0, 0.05) is 29.4 Å². The summed E-state index contributed by atoms with van der Waals surface area (Å²) in [4.78, 5) is 8.86. The van der Waals surface area contributed by atoms with E-state index in [0.717, 1.165) is 24.9 Å². The van der Waals surface area contributed by atoms with Crippen LogP contribution in [0.1, 0.15) is 60.5 Å². The Morgan fingerprint density at radius 2 is 2.00 bits per heavy atom. The first-order chi connectivity index (χ1) is 9.22. The van der Waals surface area contributed by atoms with E-state index in [4.69, 9.17) is 10.7 Å². The molecule has 2 atom stereocenters. The van der Waals surface area contributed by atoms with Crippen molar-refractivity contribution < 1.29 is 0 Å². The van der Waals surface area contributed by atoms with E-state index in [1.807, 2.05) is 11.3 Å². The number of thiazole rings is 1. The Kier molecular flexibility index (Phi) is 3.92. The Balaban J connectivity index is 1.79. The molecular weight excluding hydrogens is 254 g/mol. The minimum absolute atomic E-state index is 0.659. The molecule has 0 amide bonds. The molecule has 2 fully saturated rings. The highest BCUT2D eigenvalue weighted by Crippen LogP contribution is 2.43. The van der Waals surface area contributed by atoms with Gasteiger partial charge < -0.3 is 10.6 Å². The molecule has 2 N–H and O–H groups in total. The summed E-state index contributed by atoms with van der Waals surface area (Å²) < 4.78 is 0. The minimum atomic E-state index is 0.659. The second-order valence-corrected chi connectivity index (χ2v) is 7.21. The fourth-order valence-corrected chi connectivity index (χ4v) is 4.90. The molecule has 1 aromatic rings. The molecule has 1 aromatic heterocycles. The first-order valence-electron chi connectivity index (χ1n) is 7.63. The largest absolute Gasteiger partial charge is 0.326 e. The number of rotatable bonds is 4. The van der Waals surface area contributed by atoms with E-state index in [1.54, 1.807) is 0 Å². The Bertz CT molecular complexity index is 429. The van der Waals surface area contributed by atoms with Crippen LogP contribution in [0.4, 0.5) is 0 Å². The van der Waals surface area contributed by atoms with Crippen molar-refractivity contribution in [3.8, 4) is 0 Å². The zero-order valence-electron chi connectivity index (χ0n) is 12.1. The molecule has 0 radical (unpaired) electrons. The van der Waals surface area contributed by atoms with E-state index < -0.39 is 0 Å².